The van der Waals surface area contributed by atoms with Crippen LogP contribution in [0, 0.1) is 0 Å². The Morgan fingerprint density at radius 3 is 2.56 bits per heavy atom. The van der Waals surface area contributed by atoms with E-state index in [0.717, 1.165) is 18.4 Å². The normalized spacial score (nSPS) is 16.6. The van der Waals surface area contributed by atoms with Gasteiger partial charge in [-0.2, -0.15) is 0 Å². The first-order valence-electron chi connectivity index (χ1n) is 5.23. The van der Waals surface area contributed by atoms with Crippen molar-refractivity contribution in [3.05, 3.63) is 35.4 Å². The minimum absolute atomic E-state index is 0.151. The molecule has 0 spiro atoms. The Kier molecular flexibility index (Phi) is 2.42. The second-order valence-corrected chi connectivity index (χ2v) is 4.11. The molecule has 1 aromatic rings. The summed E-state index contributed by atoms with van der Waals surface area (Å²) in [6, 6.07) is 7.10. The Morgan fingerprint density at radius 1 is 1.38 bits per heavy atom. The van der Waals surface area contributed by atoms with Crippen LogP contribution in [0.25, 0.3) is 0 Å². The highest BCUT2D eigenvalue weighted by molar-refractivity contribution is 5.95. The molecule has 0 saturated heterocycles. The van der Waals surface area contributed by atoms with Crippen LogP contribution < -0.4 is 11.1 Å². The lowest BCUT2D eigenvalue weighted by Crippen LogP contribution is -2.28. The van der Waals surface area contributed by atoms with Gasteiger partial charge < -0.3 is 11.1 Å². The van der Waals surface area contributed by atoms with E-state index in [4.69, 9.17) is 5.73 Å². The molecular weight excluding hydrogens is 204 g/mol. The van der Waals surface area contributed by atoms with Crippen molar-refractivity contribution in [2.24, 2.45) is 5.73 Å². The summed E-state index contributed by atoms with van der Waals surface area (Å²) in [6.45, 7) is 0. The lowest BCUT2D eigenvalue weighted by molar-refractivity contribution is -0.120. The van der Waals surface area contributed by atoms with Gasteiger partial charge in [0.25, 0.3) is 5.91 Å². The number of carbonyl (C=O) groups excluding carboxylic acids is 2. The molecule has 0 heterocycles. The second-order valence-electron chi connectivity index (χ2n) is 4.11. The van der Waals surface area contributed by atoms with Crippen molar-refractivity contribution >= 4 is 11.8 Å². The van der Waals surface area contributed by atoms with Gasteiger partial charge in [-0.3, -0.25) is 9.59 Å². The van der Waals surface area contributed by atoms with Crippen molar-refractivity contribution in [1.29, 1.82) is 0 Å². The van der Waals surface area contributed by atoms with Gasteiger partial charge in [0.1, 0.15) is 0 Å². The van der Waals surface area contributed by atoms with Crippen LogP contribution in [-0.4, -0.2) is 18.9 Å². The third-order valence-electron chi connectivity index (χ3n) is 3.13. The minimum atomic E-state index is -0.524. The number of nitrogens with two attached hydrogens (primary N) is 1. The first kappa shape index (κ1) is 10.7. The second kappa shape index (κ2) is 3.63. The number of amides is 2. The van der Waals surface area contributed by atoms with Crippen LogP contribution in [0.1, 0.15) is 28.8 Å². The fourth-order valence-corrected chi connectivity index (χ4v) is 1.90. The van der Waals surface area contributed by atoms with Crippen molar-refractivity contribution in [1.82, 2.24) is 5.32 Å². The summed E-state index contributed by atoms with van der Waals surface area (Å²) in [5, 5.41) is 2.55. The smallest absolute Gasteiger partial charge is 0.251 e. The van der Waals surface area contributed by atoms with Crippen LogP contribution in [0.4, 0.5) is 0 Å². The third kappa shape index (κ3) is 1.56. The van der Waals surface area contributed by atoms with E-state index in [2.05, 4.69) is 5.32 Å². The van der Waals surface area contributed by atoms with E-state index in [1.165, 1.54) is 0 Å². The molecule has 0 aromatic heterocycles. The predicted molar refractivity (Wildman–Crippen MR) is 59.9 cm³/mol. The van der Waals surface area contributed by atoms with E-state index in [9.17, 15) is 9.59 Å². The van der Waals surface area contributed by atoms with Gasteiger partial charge in [0.2, 0.25) is 5.91 Å². The summed E-state index contributed by atoms with van der Waals surface area (Å²) in [5.41, 5.74) is 6.27. The van der Waals surface area contributed by atoms with Gasteiger partial charge in [0.15, 0.2) is 0 Å². The fourth-order valence-electron chi connectivity index (χ4n) is 1.90. The molecule has 2 amide bonds. The molecule has 1 aromatic carbocycles. The summed E-state index contributed by atoms with van der Waals surface area (Å²) in [7, 11) is 1.58. The quantitative estimate of drug-likeness (QED) is 0.778. The van der Waals surface area contributed by atoms with Crippen LogP contribution in [0.3, 0.4) is 0 Å². The number of hydrogen-bond acceptors (Lipinski definition) is 2. The number of hydrogen-bond donors (Lipinski definition) is 2. The monoisotopic (exact) mass is 218 g/mol. The molecular formula is C12H14N2O2. The predicted octanol–water partition coefficient (Wildman–Crippen LogP) is 0.563. The maximum atomic E-state index is 11.5. The minimum Gasteiger partial charge on any atom is -0.369 e. The topological polar surface area (TPSA) is 72.2 Å². The summed E-state index contributed by atoms with van der Waals surface area (Å²) < 4.78 is 0. The van der Waals surface area contributed by atoms with Gasteiger partial charge in [0, 0.05) is 12.6 Å². The summed E-state index contributed by atoms with van der Waals surface area (Å²) in [4.78, 5) is 22.8. The van der Waals surface area contributed by atoms with Crippen molar-refractivity contribution < 1.29 is 9.59 Å². The van der Waals surface area contributed by atoms with Crippen LogP contribution >= 0.6 is 0 Å². The van der Waals surface area contributed by atoms with E-state index in [-0.39, 0.29) is 11.8 Å². The molecule has 4 nitrogen and oxygen atoms in total. The lowest BCUT2D eigenvalue weighted by Gasteiger charge is -2.12. The highest BCUT2D eigenvalue weighted by Gasteiger charge is 2.50. The van der Waals surface area contributed by atoms with Crippen molar-refractivity contribution in [3.8, 4) is 0 Å². The number of carbonyl (C=O) groups is 2. The Labute approximate surface area is 93.8 Å². The molecule has 2 rings (SSSR count). The zero-order valence-corrected chi connectivity index (χ0v) is 9.12. The Hall–Kier alpha value is -1.84. The van der Waals surface area contributed by atoms with Crippen molar-refractivity contribution in [2.75, 3.05) is 7.05 Å². The van der Waals surface area contributed by atoms with Crippen LogP contribution in [0.5, 0.6) is 0 Å². The average molecular weight is 218 g/mol. The zero-order valence-electron chi connectivity index (χ0n) is 9.12. The van der Waals surface area contributed by atoms with Gasteiger partial charge in [0.05, 0.1) is 5.41 Å². The fraction of sp³-hybridized carbons (Fsp3) is 0.333. The Bertz CT molecular complexity index is 450. The van der Waals surface area contributed by atoms with Crippen molar-refractivity contribution in [2.45, 2.75) is 18.3 Å². The highest BCUT2D eigenvalue weighted by Crippen LogP contribution is 2.47. The molecule has 16 heavy (non-hydrogen) atoms. The summed E-state index contributed by atoms with van der Waals surface area (Å²) in [6.07, 6.45) is 1.55. The number of benzene rings is 1. The lowest BCUT2D eigenvalue weighted by atomic mass is 9.93. The molecule has 1 fully saturated rings. The average Bonchev–Trinajstić information content (AvgIpc) is 3.09. The highest BCUT2D eigenvalue weighted by atomic mass is 16.2. The molecule has 0 radical (unpaired) electrons. The van der Waals surface area contributed by atoms with E-state index in [1.54, 1.807) is 25.2 Å². The van der Waals surface area contributed by atoms with E-state index in [1.807, 2.05) is 6.07 Å². The van der Waals surface area contributed by atoms with Gasteiger partial charge in [-0.05, 0) is 30.5 Å². The first-order valence-corrected chi connectivity index (χ1v) is 5.23. The number of nitrogens with one attached hydrogen (secondary N) is 1. The standard InChI is InChI=1S/C12H14N2O2/c1-14-10(15)8-3-2-4-9(7-8)12(5-6-12)11(13)16/h2-4,7H,5-6H2,1H3,(H2,13,16)(H,14,15). The molecule has 0 bridgehead atoms. The zero-order chi connectivity index (χ0) is 11.8. The molecule has 0 aliphatic heterocycles. The number of primary amides is 1. The number of rotatable bonds is 3. The van der Waals surface area contributed by atoms with Gasteiger partial charge >= 0.3 is 0 Å². The molecule has 84 valence electrons. The van der Waals surface area contributed by atoms with Crippen LogP contribution in [0.2, 0.25) is 0 Å². The van der Waals surface area contributed by atoms with Crippen LogP contribution in [0.15, 0.2) is 24.3 Å². The maximum Gasteiger partial charge on any atom is 0.251 e. The molecule has 0 unspecified atom stereocenters. The largest absolute Gasteiger partial charge is 0.369 e. The molecule has 1 aliphatic rings. The molecule has 0 atom stereocenters. The SMILES string of the molecule is CNC(=O)c1cccc(C2(C(N)=O)CC2)c1. The van der Waals surface area contributed by atoms with Gasteiger partial charge in [-0.15, -0.1) is 0 Å². The summed E-state index contributed by atoms with van der Waals surface area (Å²) in [5.74, 6) is -0.455. The maximum absolute atomic E-state index is 11.5. The molecule has 1 aliphatic carbocycles. The third-order valence-corrected chi connectivity index (χ3v) is 3.13. The van der Waals surface area contributed by atoms with Crippen molar-refractivity contribution in [3.63, 3.8) is 0 Å². The Balaban J connectivity index is 2.37. The van der Waals surface area contributed by atoms with E-state index in [0.29, 0.717) is 5.56 Å². The molecule has 4 heteroatoms. The van der Waals surface area contributed by atoms with Crippen LogP contribution in [-0.2, 0) is 10.2 Å². The van der Waals surface area contributed by atoms with E-state index >= 15 is 0 Å². The Morgan fingerprint density at radius 2 is 2.06 bits per heavy atom. The van der Waals surface area contributed by atoms with E-state index < -0.39 is 5.41 Å². The molecule has 3 N–H and O–H groups in total. The van der Waals surface area contributed by atoms with Gasteiger partial charge in [-0.25, -0.2) is 0 Å². The summed E-state index contributed by atoms with van der Waals surface area (Å²) >= 11 is 0. The first-order chi connectivity index (χ1) is 7.60. The molecule has 1 saturated carbocycles. The van der Waals surface area contributed by atoms with Gasteiger partial charge in [-0.1, -0.05) is 12.1 Å².